The summed E-state index contributed by atoms with van der Waals surface area (Å²) in [5.41, 5.74) is -0.444. The van der Waals surface area contributed by atoms with Gasteiger partial charge in [-0.15, -0.1) is 11.3 Å². The zero-order valence-electron chi connectivity index (χ0n) is 8.96. The molecule has 0 aliphatic rings. The first-order valence-corrected chi connectivity index (χ1v) is 6.24. The van der Waals surface area contributed by atoms with Crippen LogP contribution in [-0.2, 0) is 11.3 Å². The van der Waals surface area contributed by atoms with Crippen molar-refractivity contribution in [3.8, 4) is 0 Å². The fourth-order valence-electron chi connectivity index (χ4n) is 0.920. The Bertz CT molecular complexity index is 343. The molecular weight excluding hydrogens is 278 g/mol. The maximum absolute atomic E-state index is 11.3. The Morgan fingerprint density at radius 1 is 1.60 bits per heavy atom. The van der Waals surface area contributed by atoms with E-state index in [0.29, 0.717) is 6.54 Å². The highest BCUT2D eigenvalue weighted by Gasteiger charge is 2.15. The summed E-state index contributed by atoms with van der Waals surface area (Å²) in [6, 6.07) is 1.97. The fourth-order valence-corrected chi connectivity index (χ4v) is 2.31. The van der Waals surface area contributed by atoms with Gasteiger partial charge in [0.15, 0.2) is 0 Å². The second-order valence-electron chi connectivity index (χ2n) is 4.09. The van der Waals surface area contributed by atoms with Crippen molar-refractivity contribution < 1.29 is 9.53 Å². The van der Waals surface area contributed by atoms with E-state index < -0.39 is 5.60 Å². The zero-order valence-corrected chi connectivity index (χ0v) is 11.4. The highest BCUT2D eigenvalue weighted by molar-refractivity contribution is 9.10. The van der Waals surface area contributed by atoms with E-state index in [1.807, 2.05) is 32.2 Å². The van der Waals surface area contributed by atoms with Gasteiger partial charge in [0.25, 0.3) is 0 Å². The lowest BCUT2D eigenvalue weighted by Crippen LogP contribution is -2.31. The van der Waals surface area contributed by atoms with Crippen LogP contribution in [0.2, 0.25) is 0 Å². The minimum atomic E-state index is -0.444. The molecule has 1 heterocycles. The van der Waals surface area contributed by atoms with E-state index in [1.54, 1.807) is 11.3 Å². The predicted octanol–water partition coefficient (Wildman–Crippen LogP) is 3.54. The summed E-state index contributed by atoms with van der Waals surface area (Å²) in [6.45, 7) is 6.03. The van der Waals surface area contributed by atoms with Crippen LogP contribution in [0.25, 0.3) is 0 Å². The molecule has 0 saturated carbocycles. The summed E-state index contributed by atoms with van der Waals surface area (Å²) in [6.07, 6.45) is -0.382. The molecule has 0 bridgehead atoms. The van der Waals surface area contributed by atoms with Crippen molar-refractivity contribution in [1.82, 2.24) is 5.32 Å². The Morgan fingerprint density at radius 2 is 2.27 bits per heavy atom. The number of alkyl carbamates (subject to hydrolysis) is 1. The van der Waals surface area contributed by atoms with E-state index in [2.05, 4.69) is 21.2 Å². The van der Waals surface area contributed by atoms with Gasteiger partial charge in [-0.25, -0.2) is 4.79 Å². The number of amides is 1. The summed E-state index contributed by atoms with van der Waals surface area (Å²) < 4.78 is 6.14. The molecule has 0 aromatic carbocycles. The third kappa shape index (κ3) is 5.18. The highest BCUT2D eigenvalue weighted by Crippen LogP contribution is 2.19. The third-order valence-corrected chi connectivity index (χ3v) is 3.13. The Hall–Kier alpha value is -0.550. The molecule has 0 unspecified atom stereocenters. The quantitative estimate of drug-likeness (QED) is 0.905. The van der Waals surface area contributed by atoms with Crippen LogP contribution in [0.15, 0.2) is 15.9 Å². The van der Waals surface area contributed by atoms with E-state index in [-0.39, 0.29) is 6.09 Å². The average molecular weight is 292 g/mol. The van der Waals surface area contributed by atoms with E-state index in [9.17, 15) is 4.79 Å². The van der Waals surface area contributed by atoms with Gasteiger partial charge in [-0.3, -0.25) is 0 Å². The van der Waals surface area contributed by atoms with Gasteiger partial charge in [0.2, 0.25) is 0 Å². The van der Waals surface area contributed by atoms with Gasteiger partial charge in [0.1, 0.15) is 5.60 Å². The molecule has 0 radical (unpaired) electrons. The number of hydrogen-bond donors (Lipinski definition) is 1. The lowest BCUT2D eigenvalue weighted by atomic mass is 10.2. The molecule has 0 aliphatic carbocycles. The molecule has 5 heteroatoms. The topological polar surface area (TPSA) is 38.3 Å². The van der Waals surface area contributed by atoms with Crippen LogP contribution >= 0.6 is 27.3 Å². The first-order valence-electron chi connectivity index (χ1n) is 4.56. The monoisotopic (exact) mass is 291 g/mol. The predicted molar refractivity (Wildman–Crippen MR) is 65.1 cm³/mol. The molecule has 1 N–H and O–H groups in total. The Balaban J connectivity index is 2.35. The Labute approximate surface area is 102 Å². The summed E-state index contributed by atoms with van der Waals surface area (Å²) in [4.78, 5) is 12.4. The van der Waals surface area contributed by atoms with Crippen LogP contribution < -0.4 is 5.32 Å². The lowest BCUT2D eigenvalue weighted by Gasteiger charge is -2.19. The van der Waals surface area contributed by atoms with Crippen LogP contribution in [0.4, 0.5) is 4.79 Å². The molecule has 1 amide bonds. The number of nitrogens with one attached hydrogen (secondary N) is 1. The first kappa shape index (κ1) is 12.5. The van der Waals surface area contributed by atoms with Gasteiger partial charge in [-0.1, -0.05) is 0 Å². The summed E-state index contributed by atoms with van der Waals surface area (Å²) in [5.74, 6) is 0. The maximum atomic E-state index is 11.3. The van der Waals surface area contributed by atoms with Crippen LogP contribution in [-0.4, -0.2) is 11.7 Å². The minimum absolute atomic E-state index is 0.382. The van der Waals surface area contributed by atoms with Crippen molar-refractivity contribution in [2.24, 2.45) is 0 Å². The van der Waals surface area contributed by atoms with E-state index in [4.69, 9.17) is 4.74 Å². The number of hydrogen-bond acceptors (Lipinski definition) is 3. The van der Waals surface area contributed by atoms with Gasteiger partial charge in [0.05, 0.1) is 6.54 Å². The summed E-state index contributed by atoms with van der Waals surface area (Å²) in [5, 5.41) is 4.68. The molecule has 0 saturated heterocycles. The molecule has 0 fully saturated rings. The van der Waals surface area contributed by atoms with Gasteiger partial charge < -0.3 is 10.1 Å². The molecule has 15 heavy (non-hydrogen) atoms. The number of carbonyl (C=O) groups excluding carboxylic acids is 1. The third-order valence-electron chi connectivity index (χ3n) is 1.43. The first-order chi connectivity index (χ1) is 6.87. The standard InChI is InChI=1S/C10H14BrNO2S/c1-10(2,3)14-9(13)12-5-8-4-7(11)6-15-8/h4,6H,5H2,1-3H3,(H,12,13). The molecule has 0 atom stereocenters. The highest BCUT2D eigenvalue weighted by atomic mass is 79.9. The molecule has 1 aromatic rings. The number of ether oxygens (including phenoxy) is 1. The second kappa shape index (κ2) is 4.99. The molecular formula is C10H14BrNO2S. The van der Waals surface area contributed by atoms with Crippen LogP contribution in [0.5, 0.6) is 0 Å². The Kier molecular flexibility index (Phi) is 4.16. The SMILES string of the molecule is CC(C)(C)OC(=O)NCc1cc(Br)cs1. The molecule has 0 spiro atoms. The molecule has 1 rings (SSSR count). The molecule has 0 aliphatic heterocycles. The minimum Gasteiger partial charge on any atom is -0.444 e. The van der Waals surface area contributed by atoms with Gasteiger partial charge in [-0.2, -0.15) is 0 Å². The van der Waals surface area contributed by atoms with Gasteiger partial charge in [0, 0.05) is 14.7 Å². The number of thiophene rings is 1. The zero-order chi connectivity index (χ0) is 11.5. The largest absolute Gasteiger partial charge is 0.444 e. The normalized spacial score (nSPS) is 11.2. The van der Waals surface area contributed by atoms with Crippen molar-refractivity contribution in [2.45, 2.75) is 32.9 Å². The van der Waals surface area contributed by atoms with Crippen LogP contribution in [0.3, 0.4) is 0 Å². The van der Waals surface area contributed by atoms with Crippen molar-refractivity contribution in [3.05, 3.63) is 20.8 Å². The van der Waals surface area contributed by atoms with Gasteiger partial charge in [-0.05, 0) is 42.8 Å². The number of rotatable bonds is 2. The van der Waals surface area contributed by atoms with Crippen molar-refractivity contribution in [1.29, 1.82) is 0 Å². The maximum Gasteiger partial charge on any atom is 0.407 e. The second-order valence-corrected chi connectivity index (χ2v) is 6.00. The van der Waals surface area contributed by atoms with E-state index in [0.717, 1.165) is 9.35 Å². The summed E-state index contributed by atoms with van der Waals surface area (Å²) in [7, 11) is 0. The van der Waals surface area contributed by atoms with Crippen molar-refractivity contribution >= 4 is 33.4 Å². The van der Waals surface area contributed by atoms with Crippen molar-refractivity contribution in [2.75, 3.05) is 0 Å². The molecule has 84 valence electrons. The van der Waals surface area contributed by atoms with E-state index >= 15 is 0 Å². The van der Waals surface area contributed by atoms with Gasteiger partial charge >= 0.3 is 6.09 Å². The smallest absolute Gasteiger partial charge is 0.407 e. The lowest BCUT2D eigenvalue weighted by molar-refractivity contribution is 0.0524. The number of carbonyl (C=O) groups is 1. The average Bonchev–Trinajstić information content (AvgIpc) is 2.45. The molecule has 1 aromatic heterocycles. The van der Waals surface area contributed by atoms with Crippen LogP contribution in [0, 0.1) is 0 Å². The number of halogens is 1. The Morgan fingerprint density at radius 3 is 2.73 bits per heavy atom. The fraction of sp³-hybridized carbons (Fsp3) is 0.500. The van der Waals surface area contributed by atoms with Crippen LogP contribution in [0.1, 0.15) is 25.6 Å². The van der Waals surface area contributed by atoms with Crippen molar-refractivity contribution in [3.63, 3.8) is 0 Å². The molecule has 3 nitrogen and oxygen atoms in total. The summed E-state index contributed by atoms with van der Waals surface area (Å²) >= 11 is 4.95. The van der Waals surface area contributed by atoms with E-state index in [1.165, 1.54) is 0 Å².